The van der Waals surface area contributed by atoms with Crippen molar-refractivity contribution >= 4 is 17.3 Å². The van der Waals surface area contributed by atoms with E-state index in [0.717, 1.165) is 6.07 Å². The first-order valence-corrected chi connectivity index (χ1v) is 5.65. The maximum Gasteiger partial charge on any atom is 0.336 e. The Balaban J connectivity index is 3.14. The average Bonchev–Trinajstić information content (AvgIpc) is 2.36. The van der Waals surface area contributed by atoms with Gasteiger partial charge in [-0.2, -0.15) is 0 Å². The number of carboxylic acids is 1. The molecule has 0 heterocycles. The van der Waals surface area contributed by atoms with Gasteiger partial charge in [0, 0.05) is 31.0 Å². The number of rotatable bonds is 6. The van der Waals surface area contributed by atoms with Crippen molar-refractivity contribution in [2.75, 3.05) is 19.0 Å². The second-order valence-corrected chi connectivity index (χ2v) is 4.16. The molecule has 7 nitrogen and oxygen atoms in total. The van der Waals surface area contributed by atoms with Crippen LogP contribution in [0.2, 0.25) is 0 Å². The zero-order valence-corrected chi connectivity index (χ0v) is 11.0. The van der Waals surface area contributed by atoms with E-state index in [1.54, 1.807) is 14.0 Å². The fraction of sp³-hybridized carbons (Fsp3) is 0.417. The number of carboxylic acid groups (broad SMARTS) is 1. The standard InChI is InChI=1S/C12H16N2O5/c1-7(19-3)6-13-10-4-9(12(15)16)5-11(8(10)2)14(17)18/h4-5,7,13H,6H2,1-3H3,(H,15,16). The van der Waals surface area contributed by atoms with Crippen molar-refractivity contribution in [2.45, 2.75) is 20.0 Å². The van der Waals surface area contributed by atoms with Gasteiger partial charge in [0.15, 0.2) is 0 Å². The lowest BCUT2D eigenvalue weighted by Gasteiger charge is -2.14. The molecule has 1 unspecified atom stereocenters. The molecule has 0 saturated heterocycles. The van der Waals surface area contributed by atoms with E-state index < -0.39 is 10.9 Å². The Bertz CT molecular complexity index is 501. The number of nitrogens with zero attached hydrogens (tertiary/aromatic N) is 1. The first kappa shape index (κ1) is 14.9. The molecule has 104 valence electrons. The van der Waals surface area contributed by atoms with E-state index in [1.807, 2.05) is 6.92 Å². The van der Waals surface area contributed by atoms with E-state index >= 15 is 0 Å². The van der Waals surface area contributed by atoms with Crippen LogP contribution < -0.4 is 5.32 Å². The van der Waals surface area contributed by atoms with Crippen LogP contribution in [-0.2, 0) is 4.74 Å². The molecule has 0 spiro atoms. The van der Waals surface area contributed by atoms with Gasteiger partial charge in [-0.3, -0.25) is 10.1 Å². The molecule has 1 aromatic carbocycles. The van der Waals surface area contributed by atoms with Crippen LogP contribution in [0.15, 0.2) is 12.1 Å². The van der Waals surface area contributed by atoms with Crippen LogP contribution in [0.5, 0.6) is 0 Å². The maximum atomic E-state index is 11.0. The number of nitro groups is 1. The molecule has 0 amide bonds. The SMILES string of the molecule is COC(C)CNc1cc(C(=O)O)cc([N+](=O)[O-])c1C. The minimum atomic E-state index is -1.20. The highest BCUT2D eigenvalue weighted by Gasteiger charge is 2.19. The van der Waals surface area contributed by atoms with Crippen LogP contribution in [0, 0.1) is 17.0 Å². The number of nitrogens with one attached hydrogen (secondary N) is 1. The highest BCUT2D eigenvalue weighted by atomic mass is 16.6. The predicted octanol–water partition coefficient (Wildman–Crippen LogP) is 2.05. The van der Waals surface area contributed by atoms with Crippen molar-refractivity contribution in [1.82, 2.24) is 0 Å². The van der Waals surface area contributed by atoms with Crippen LogP contribution in [0.3, 0.4) is 0 Å². The number of benzene rings is 1. The molecule has 0 aliphatic rings. The van der Waals surface area contributed by atoms with Crippen LogP contribution in [0.25, 0.3) is 0 Å². The fourth-order valence-electron chi connectivity index (χ4n) is 1.53. The monoisotopic (exact) mass is 268 g/mol. The number of anilines is 1. The number of aromatic carboxylic acids is 1. The number of carbonyl (C=O) groups is 1. The molecular formula is C12H16N2O5. The molecule has 0 saturated carbocycles. The van der Waals surface area contributed by atoms with E-state index in [4.69, 9.17) is 9.84 Å². The van der Waals surface area contributed by atoms with E-state index in [-0.39, 0.29) is 17.4 Å². The van der Waals surface area contributed by atoms with Crippen LogP contribution >= 0.6 is 0 Å². The highest BCUT2D eigenvalue weighted by Crippen LogP contribution is 2.27. The second-order valence-electron chi connectivity index (χ2n) is 4.16. The van der Waals surface area contributed by atoms with Crippen molar-refractivity contribution in [3.8, 4) is 0 Å². The van der Waals surface area contributed by atoms with Crippen molar-refractivity contribution in [3.05, 3.63) is 33.4 Å². The van der Waals surface area contributed by atoms with Gasteiger partial charge in [-0.1, -0.05) is 0 Å². The summed E-state index contributed by atoms with van der Waals surface area (Å²) in [7, 11) is 1.55. The summed E-state index contributed by atoms with van der Waals surface area (Å²) < 4.78 is 5.05. The third-order valence-corrected chi connectivity index (χ3v) is 2.81. The molecule has 1 atom stereocenters. The Labute approximate surface area is 110 Å². The quantitative estimate of drug-likeness (QED) is 0.604. The Kier molecular flexibility index (Phi) is 4.82. The Morgan fingerprint density at radius 2 is 2.21 bits per heavy atom. The molecule has 0 aliphatic heterocycles. The van der Waals surface area contributed by atoms with Gasteiger partial charge in [0.25, 0.3) is 5.69 Å². The summed E-state index contributed by atoms with van der Waals surface area (Å²) in [6.07, 6.45) is -0.0908. The minimum absolute atomic E-state index is 0.0908. The van der Waals surface area contributed by atoms with Crippen molar-refractivity contribution in [2.24, 2.45) is 0 Å². The minimum Gasteiger partial charge on any atom is -0.478 e. The summed E-state index contributed by atoms with van der Waals surface area (Å²) in [4.78, 5) is 21.3. The second kappa shape index (κ2) is 6.14. The molecule has 1 rings (SSSR count). The smallest absolute Gasteiger partial charge is 0.336 e. The average molecular weight is 268 g/mol. The summed E-state index contributed by atoms with van der Waals surface area (Å²) in [6, 6.07) is 2.44. The van der Waals surface area contributed by atoms with Gasteiger partial charge < -0.3 is 15.2 Å². The molecule has 0 radical (unpaired) electrons. The van der Waals surface area contributed by atoms with Gasteiger partial charge in [-0.25, -0.2) is 4.79 Å². The van der Waals surface area contributed by atoms with Gasteiger partial charge in [-0.15, -0.1) is 0 Å². The zero-order valence-electron chi connectivity index (χ0n) is 11.0. The first-order chi connectivity index (χ1) is 8.86. The lowest BCUT2D eigenvalue weighted by molar-refractivity contribution is -0.385. The summed E-state index contributed by atoms with van der Waals surface area (Å²) in [6.45, 7) is 3.83. The fourth-order valence-corrected chi connectivity index (χ4v) is 1.53. The largest absolute Gasteiger partial charge is 0.478 e. The van der Waals surface area contributed by atoms with E-state index in [9.17, 15) is 14.9 Å². The van der Waals surface area contributed by atoms with Crippen molar-refractivity contribution < 1.29 is 19.6 Å². The maximum absolute atomic E-state index is 11.0. The Hall–Kier alpha value is -2.15. The van der Waals surface area contributed by atoms with E-state index in [0.29, 0.717) is 17.8 Å². The predicted molar refractivity (Wildman–Crippen MR) is 69.8 cm³/mol. The molecular weight excluding hydrogens is 252 g/mol. The van der Waals surface area contributed by atoms with Crippen LogP contribution in [0.4, 0.5) is 11.4 Å². The summed E-state index contributed by atoms with van der Waals surface area (Å²) >= 11 is 0. The first-order valence-electron chi connectivity index (χ1n) is 5.65. The number of ether oxygens (including phenoxy) is 1. The zero-order chi connectivity index (χ0) is 14.6. The number of hydrogen-bond donors (Lipinski definition) is 2. The molecule has 0 fully saturated rings. The molecule has 19 heavy (non-hydrogen) atoms. The van der Waals surface area contributed by atoms with Crippen LogP contribution in [0.1, 0.15) is 22.8 Å². The number of hydrogen-bond acceptors (Lipinski definition) is 5. The van der Waals surface area contributed by atoms with Gasteiger partial charge in [-0.05, 0) is 19.9 Å². The highest BCUT2D eigenvalue weighted by molar-refractivity contribution is 5.90. The topological polar surface area (TPSA) is 102 Å². The number of methoxy groups -OCH3 is 1. The summed E-state index contributed by atoms with van der Waals surface area (Å²) in [5, 5.41) is 22.8. The molecule has 7 heteroatoms. The van der Waals surface area contributed by atoms with Crippen molar-refractivity contribution in [3.63, 3.8) is 0 Å². The van der Waals surface area contributed by atoms with Gasteiger partial charge >= 0.3 is 5.97 Å². The third-order valence-electron chi connectivity index (χ3n) is 2.81. The lowest BCUT2D eigenvalue weighted by Crippen LogP contribution is -2.19. The molecule has 1 aromatic rings. The summed E-state index contributed by atoms with van der Waals surface area (Å²) in [5.41, 5.74) is 0.492. The molecule has 0 aliphatic carbocycles. The lowest BCUT2D eigenvalue weighted by atomic mass is 10.1. The third kappa shape index (κ3) is 3.65. The Morgan fingerprint density at radius 3 is 2.68 bits per heavy atom. The van der Waals surface area contributed by atoms with Gasteiger partial charge in [0.2, 0.25) is 0 Å². The molecule has 2 N–H and O–H groups in total. The molecule has 0 bridgehead atoms. The van der Waals surface area contributed by atoms with Crippen LogP contribution in [-0.4, -0.2) is 35.8 Å². The van der Waals surface area contributed by atoms with E-state index in [1.165, 1.54) is 6.07 Å². The Morgan fingerprint density at radius 1 is 1.58 bits per heavy atom. The van der Waals surface area contributed by atoms with Crippen molar-refractivity contribution in [1.29, 1.82) is 0 Å². The number of nitro benzene ring substituents is 1. The van der Waals surface area contributed by atoms with Gasteiger partial charge in [0.05, 0.1) is 16.6 Å². The van der Waals surface area contributed by atoms with E-state index in [2.05, 4.69) is 5.32 Å². The van der Waals surface area contributed by atoms with Gasteiger partial charge in [0.1, 0.15) is 0 Å². The summed E-state index contributed by atoms with van der Waals surface area (Å²) in [5.74, 6) is -1.20. The normalized spacial score (nSPS) is 11.9. The molecule has 0 aromatic heterocycles.